The normalized spacial score (nSPS) is 11.8. The van der Waals surface area contributed by atoms with Gasteiger partial charge in [0.1, 0.15) is 5.75 Å². The standard InChI is InChI=1S/C16H16O3/c1-12-7-9-13(10-8-12)11-15(16(17)18)19-14-5-3-2-4-6-14/h2-10,15H,11H2,1H3,(H,17,18)/t15-/m0/s1. The quantitative estimate of drug-likeness (QED) is 0.894. The van der Waals surface area contributed by atoms with Gasteiger partial charge in [0.05, 0.1) is 0 Å². The van der Waals surface area contributed by atoms with Crippen LogP contribution in [-0.2, 0) is 11.2 Å². The fourth-order valence-electron chi connectivity index (χ4n) is 1.78. The van der Waals surface area contributed by atoms with E-state index >= 15 is 0 Å². The third-order valence-electron chi connectivity index (χ3n) is 2.84. The molecule has 0 aliphatic rings. The average Bonchev–Trinajstić information content (AvgIpc) is 2.41. The highest BCUT2D eigenvalue weighted by Gasteiger charge is 2.19. The third kappa shape index (κ3) is 3.85. The van der Waals surface area contributed by atoms with E-state index in [9.17, 15) is 9.90 Å². The van der Waals surface area contributed by atoms with Crippen molar-refractivity contribution >= 4 is 5.97 Å². The van der Waals surface area contributed by atoms with E-state index in [1.54, 1.807) is 12.1 Å². The minimum absolute atomic E-state index is 0.352. The molecule has 98 valence electrons. The molecule has 19 heavy (non-hydrogen) atoms. The molecule has 0 heterocycles. The zero-order valence-electron chi connectivity index (χ0n) is 10.7. The molecule has 2 aromatic rings. The number of para-hydroxylation sites is 1. The van der Waals surface area contributed by atoms with Gasteiger partial charge in [-0.05, 0) is 24.6 Å². The molecule has 0 aromatic heterocycles. The lowest BCUT2D eigenvalue weighted by Gasteiger charge is -2.15. The van der Waals surface area contributed by atoms with E-state index in [1.165, 1.54) is 0 Å². The molecule has 0 spiro atoms. The monoisotopic (exact) mass is 256 g/mol. The highest BCUT2D eigenvalue weighted by atomic mass is 16.5. The molecule has 0 radical (unpaired) electrons. The number of carbonyl (C=O) groups is 1. The fraction of sp³-hybridized carbons (Fsp3) is 0.188. The molecule has 0 saturated heterocycles. The summed E-state index contributed by atoms with van der Waals surface area (Å²) in [5.74, 6) is -0.383. The average molecular weight is 256 g/mol. The zero-order valence-corrected chi connectivity index (χ0v) is 10.7. The van der Waals surface area contributed by atoms with Gasteiger partial charge in [-0.2, -0.15) is 0 Å². The van der Waals surface area contributed by atoms with Crippen LogP contribution in [0, 0.1) is 6.92 Å². The molecule has 0 bridgehead atoms. The first-order valence-electron chi connectivity index (χ1n) is 6.15. The van der Waals surface area contributed by atoms with Gasteiger partial charge in [0, 0.05) is 6.42 Å². The van der Waals surface area contributed by atoms with Gasteiger partial charge < -0.3 is 9.84 Å². The topological polar surface area (TPSA) is 46.5 Å². The molecule has 2 aromatic carbocycles. The molecule has 0 aliphatic heterocycles. The van der Waals surface area contributed by atoms with Crippen molar-refractivity contribution in [2.24, 2.45) is 0 Å². The largest absolute Gasteiger partial charge is 0.478 e. The van der Waals surface area contributed by atoms with Crippen molar-refractivity contribution in [3.05, 3.63) is 65.7 Å². The van der Waals surface area contributed by atoms with E-state index in [4.69, 9.17) is 4.74 Å². The van der Waals surface area contributed by atoms with Crippen molar-refractivity contribution in [1.29, 1.82) is 0 Å². The van der Waals surface area contributed by atoms with E-state index in [2.05, 4.69) is 0 Å². The Morgan fingerprint density at radius 1 is 1.11 bits per heavy atom. The van der Waals surface area contributed by atoms with Crippen LogP contribution in [0.25, 0.3) is 0 Å². The lowest BCUT2D eigenvalue weighted by Crippen LogP contribution is -2.29. The maximum atomic E-state index is 11.3. The first-order chi connectivity index (χ1) is 9.15. The summed E-state index contributed by atoms with van der Waals surface area (Å²) in [5, 5.41) is 9.23. The van der Waals surface area contributed by atoms with Gasteiger partial charge in [-0.15, -0.1) is 0 Å². The van der Waals surface area contributed by atoms with E-state index in [0.29, 0.717) is 12.2 Å². The Morgan fingerprint density at radius 2 is 1.74 bits per heavy atom. The number of rotatable bonds is 5. The molecule has 2 rings (SSSR count). The number of hydrogen-bond donors (Lipinski definition) is 1. The lowest BCUT2D eigenvalue weighted by atomic mass is 10.1. The van der Waals surface area contributed by atoms with Crippen molar-refractivity contribution < 1.29 is 14.6 Å². The molecular formula is C16H16O3. The van der Waals surface area contributed by atoms with Crippen LogP contribution in [0.2, 0.25) is 0 Å². The van der Waals surface area contributed by atoms with Gasteiger partial charge in [-0.3, -0.25) is 0 Å². The van der Waals surface area contributed by atoms with Gasteiger partial charge in [0.15, 0.2) is 6.10 Å². The number of benzene rings is 2. The summed E-state index contributed by atoms with van der Waals surface area (Å²) in [6.45, 7) is 2.00. The Labute approximate surface area is 112 Å². The third-order valence-corrected chi connectivity index (χ3v) is 2.84. The maximum Gasteiger partial charge on any atom is 0.345 e. The first-order valence-corrected chi connectivity index (χ1v) is 6.15. The summed E-state index contributed by atoms with van der Waals surface area (Å²) in [7, 11) is 0. The van der Waals surface area contributed by atoms with Gasteiger partial charge in [-0.1, -0.05) is 48.0 Å². The van der Waals surface area contributed by atoms with Gasteiger partial charge in [-0.25, -0.2) is 4.79 Å². The summed E-state index contributed by atoms with van der Waals surface area (Å²) in [4.78, 5) is 11.3. The summed E-state index contributed by atoms with van der Waals surface area (Å²) < 4.78 is 5.51. The Hall–Kier alpha value is -2.29. The molecule has 0 saturated carbocycles. The number of hydrogen-bond acceptors (Lipinski definition) is 2. The van der Waals surface area contributed by atoms with Gasteiger partial charge in [0.25, 0.3) is 0 Å². The van der Waals surface area contributed by atoms with Crippen LogP contribution in [0.1, 0.15) is 11.1 Å². The van der Waals surface area contributed by atoms with Crippen molar-refractivity contribution in [2.75, 3.05) is 0 Å². The highest BCUT2D eigenvalue weighted by Crippen LogP contribution is 2.14. The second kappa shape index (κ2) is 6.05. The van der Waals surface area contributed by atoms with Gasteiger partial charge in [0.2, 0.25) is 0 Å². The summed E-state index contributed by atoms with van der Waals surface area (Å²) in [5.41, 5.74) is 2.11. The maximum absolute atomic E-state index is 11.3. The van der Waals surface area contributed by atoms with Crippen LogP contribution in [0.3, 0.4) is 0 Å². The molecule has 3 heteroatoms. The smallest absolute Gasteiger partial charge is 0.345 e. The summed E-state index contributed by atoms with van der Waals surface area (Å²) in [6, 6.07) is 16.8. The molecule has 0 amide bonds. The van der Waals surface area contributed by atoms with Crippen molar-refractivity contribution in [1.82, 2.24) is 0 Å². The van der Waals surface area contributed by atoms with Crippen LogP contribution < -0.4 is 4.74 Å². The SMILES string of the molecule is Cc1ccc(C[C@H](Oc2ccccc2)C(=O)O)cc1. The summed E-state index contributed by atoms with van der Waals surface area (Å²) in [6.07, 6.45) is -0.519. The van der Waals surface area contributed by atoms with E-state index in [1.807, 2.05) is 49.4 Å². The Morgan fingerprint density at radius 3 is 2.32 bits per heavy atom. The first kappa shape index (κ1) is 13.1. The van der Waals surface area contributed by atoms with Crippen LogP contribution in [0.15, 0.2) is 54.6 Å². The second-order valence-corrected chi connectivity index (χ2v) is 4.45. The van der Waals surface area contributed by atoms with E-state index in [0.717, 1.165) is 11.1 Å². The Balaban J connectivity index is 2.08. The van der Waals surface area contributed by atoms with Crippen LogP contribution in [0.4, 0.5) is 0 Å². The van der Waals surface area contributed by atoms with Crippen LogP contribution in [-0.4, -0.2) is 17.2 Å². The second-order valence-electron chi connectivity index (χ2n) is 4.45. The molecule has 0 aliphatic carbocycles. The number of aliphatic carboxylic acids is 1. The Bertz CT molecular complexity index is 532. The number of aryl methyl sites for hydroxylation is 1. The number of carboxylic acids is 1. The van der Waals surface area contributed by atoms with Crippen molar-refractivity contribution in [2.45, 2.75) is 19.4 Å². The minimum Gasteiger partial charge on any atom is -0.478 e. The molecule has 3 nitrogen and oxygen atoms in total. The van der Waals surface area contributed by atoms with Crippen molar-refractivity contribution in [3.8, 4) is 5.75 Å². The van der Waals surface area contributed by atoms with Crippen LogP contribution >= 0.6 is 0 Å². The molecule has 0 fully saturated rings. The van der Waals surface area contributed by atoms with Gasteiger partial charge >= 0.3 is 5.97 Å². The predicted octanol–water partition coefficient (Wildman–Crippen LogP) is 3.07. The zero-order chi connectivity index (χ0) is 13.7. The fourth-order valence-corrected chi connectivity index (χ4v) is 1.78. The highest BCUT2D eigenvalue weighted by molar-refractivity contribution is 5.73. The van der Waals surface area contributed by atoms with E-state index in [-0.39, 0.29) is 0 Å². The number of ether oxygens (including phenoxy) is 1. The molecular weight excluding hydrogens is 240 g/mol. The molecule has 0 unspecified atom stereocenters. The van der Waals surface area contributed by atoms with E-state index < -0.39 is 12.1 Å². The van der Waals surface area contributed by atoms with Crippen LogP contribution in [0.5, 0.6) is 5.75 Å². The molecule has 1 N–H and O–H groups in total. The minimum atomic E-state index is -0.954. The lowest BCUT2D eigenvalue weighted by molar-refractivity contribution is -0.145. The van der Waals surface area contributed by atoms with Crippen molar-refractivity contribution in [3.63, 3.8) is 0 Å². The summed E-state index contributed by atoms with van der Waals surface area (Å²) >= 11 is 0. The number of carboxylic acid groups (broad SMARTS) is 1. The predicted molar refractivity (Wildman–Crippen MR) is 73.4 cm³/mol. The molecule has 1 atom stereocenters. The Kier molecular flexibility index (Phi) is 4.18.